The van der Waals surface area contributed by atoms with Crippen LogP contribution in [0.4, 0.5) is 0 Å². The van der Waals surface area contributed by atoms with Crippen LogP contribution in [0.15, 0.2) is 18.2 Å². The number of fused-ring (bicyclic) bond motifs is 1. The predicted octanol–water partition coefficient (Wildman–Crippen LogP) is 2.16. The number of rotatable bonds is 3. The average Bonchev–Trinajstić information content (AvgIpc) is 2.73. The molecule has 0 fully saturated rings. The van der Waals surface area contributed by atoms with Crippen LogP contribution in [0.3, 0.4) is 0 Å². The third-order valence-electron chi connectivity index (χ3n) is 2.90. The van der Waals surface area contributed by atoms with Crippen molar-refractivity contribution in [1.82, 2.24) is 0 Å². The van der Waals surface area contributed by atoms with E-state index in [1.807, 2.05) is 12.2 Å². The zero-order valence-corrected chi connectivity index (χ0v) is 9.12. The fourth-order valence-electron chi connectivity index (χ4n) is 2.22. The summed E-state index contributed by atoms with van der Waals surface area (Å²) in [4.78, 5) is 0. The molecule has 2 N–H and O–H groups in total. The normalized spacial score (nSPS) is 14.5. The van der Waals surface area contributed by atoms with Crippen molar-refractivity contribution in [1.29, 1.82) is 0 Å². The van der Waals surface area contributed by atoms with Crippen molar-refractivity contribution < 1.29 is 4.74 Å². The van der Waals surface area contributed by atoms with Crippen LogP contribution in [0.5, 0.6) is 5.75 Å². The molecular formula is C13H17NO. The second-order valence-electron chi connectivity index (χ2n) is 3.82. The lowest BCUT2D eigenvalue weighted by atomic mass is 10.0. The summed E-state index contributed by atoms with van der Waals surface area (Å²) in [6.07, 6.45) is 7.57. The molecule has 15 heavy (non-hydrogen) atoms. The van der Waals surface area contributed by atoms with Crippen LogP contribution in [-0.4, -0.2) is 13.7 Å². The van der Waals surface area contributed by atoms with Crippen LogP contribution in [0.1, 0.15) is 23.1 Å². The number of hydrogen-bond donors (Lipinski definition) is 1. The van der Waals surface area contributed by atoms with Crippen LogP contribution in [0.2, 0.25) is 0 Å². The molecule has 2 nitrogen and oxygen atoms in total. The van der Waals surface area contributed by atoms with Gasteiger partial charge in [0.2, 0.25) is 0 Å². The molecule has 0 aliphatic heterocycles. The molecule has 0 unspecified atom stereocenters. The maximum Gasteiger partial charge on any atom is 0.129 e. The number of hydrogen-bond acceptors (Lipinski definition) is 2. The van der Waals surface area contributed by atoms with Crippen molar-refractivity contribution in [3.8, 4) is 5.75 Å². The van der Waals surface area contributed by atoms with Gasteiger partial charge in [-0.25, -0.2) is 0 Å². The SMILES string of the molecule is COc1c(/C=C/CN)ccc2c1CCC2. The molecule has 0 amide bonds. The highest BCUT2D eigenvalue weighted by Gasteiger charge is 2.17. The molecule has 1 aromatic carbocycles. The molecule has 0 spiro atoms. The van der Waals surface area contributed by atoms with Crippen LogP contribution in [0, 0.1) is 0 Å². The fraction of sp³-hybridized carbons (Fsp3) is 0.385. The van der Waals surface area contributed by atoms with Gasteiger partial charge >= 0.3 is 0 Å². The van der Waals surface area contributed by atoms with Gasteiger partial charge in [0.05, 0.1) is 7.11 Å². The second-order valence-corrected chi connectivity index (χ2v) is 3.82. The van der Waals surface area contributed by atoms with Gasteiger partial charge in [0.25, 0.3) is 0 Å². The number of benzene rings is 1. The van der Waals surface area contributed by atoms with E-state index in [-0.39, 0.29) is 0 Å². The standard InChI is InChI=1S/C13H17NO/c1-15-13-11(5-3-9-14)8-7-10-4-2-6-12(10)13/h3,5,7-8H,2,4,6,9,14H2,1H3/b5-3+. The quantitative estimate of drug-likeness (QED) is 0.817. The van der Waals surface area contributed by atoms with E-state index in [0.29, 0.717) is 6.54 Å². The third kappa shape index (κ3) is 1.90. The maximum absolute atomic E-state index is 5.49. The first-order valence-corrected chi connectivity index (χ1v) is 5.42. The Bertz CT molecular complexity index is 382. The fourth-order valence-corrected chi connectivity index (χ4v) is 2.22. The highest BCUT2D eigenvalue weighted by atomic mass is 16.5. The first-order valence-electron chi connectivity index (χ1n) is 5.42. The number of nitrogens with two attached hydrogens (primary N) is 1. The summed E-state index contributed by atoms with van der Waals surface area (Å²) in [5.74, 6) is 1.04. The average molecular weight is 203 g/mol. The lowest BCUT2D eigenvalue weighted by Crippen LogP contribution is -1.96. The van der Waals surface area contributed by atoms with Gasteiger partial charge in [-0.3, -0.25) is 0 Å². The summed E-state index contributed by atoms with van der Waals surface area (Å²) in [7, 11) is 1.74. The maximum atomic E-state index is 5.49. The molecule has 0 saturated heterocycles. The van der Waals surface area contributed by atoms with Crippen molar-refractivity contribution in [2.75, 3.05) is 13.7 Å². The van der Waals surface area contributed by atoms with Crippen molar-refractivity contribution in [2.24, 2.45) is 5.73 Å². The minimum absolute atomic E-state index is 0.570. The summed E-state index contributed by atoms with van der Waals surface area (Å²) in [5.41, 5.74) is 9.42. The van der Waals surface area contributed by atoms with Crippen molar-refractivity contribution in [2.45, 2.75) is 19.3 Å². The van der Waals surface area contributed by atoms with Gasteiger partial charge in [-0.05, 0) is 30.4 Å². The molecule has 0 bridgehead atoms. The Morgan fingerprint density at radius 1 is 1.40 bits per heavy atom. The highest BCUT2D eigenvalue weighted by Crippen LogP contribution is 2.34. The smallest absolute Gasteiger partial charge is 0.129 e. The van der Waals surface area contributed by atoms with E-state index in [1.165, 1.54) is 24.0 Å². The van der Waals surface area contributed by atoms with Gasteiger partial charge in [0.15, 0.2) is 0 Å². The van der Waals surface area contributed by atoms with E-state index in [0.717, 1.165) is 17.7 Å². The lowest BCUT2D eigenvalue weighted by Gasteiger charge is -2.10. The number of aryl methyl sites for hydroxylation is 1. The minimum Gasteiger partial charge on any atom is -0.496 e. The van der Waals surface area contributed by atoms with Gasteiger partial charge in [-0.15, -0.1) is 0 Å². The summed E-state index contributed by atoms with van der Waals surface area (Å²) in [6, 6.07) is 4.33. The molecular weight excluding hydrogens is 186 g/mol. The van der Waals surface area contributed by atoms with Crippen LogP contribution >= 0.6 is 0 Å². The summed E-state index contributed by atoms with van der Waals surface area (Å²) < 4.78 is 5.49. The first kappa shape index (κ1) is 10.2. The topological polar surface area (TPSA) is 35.2 Å². The van der Waals surface area contributed by atoms with E-state index >= 15 is 0 Å². The zero-order valence-electron chi connectivity index (χ0n) is 9.12. The third-order valence-corrected chi connectivity index (χ3v) is 2.90. The van der Waals surface area contributed by atoms with E-state index in [2.05, 4.69) is 12.1 Å². The summed E-state index contributed by atoms with van der Waals surface area (Å²) in [6.45, 7) is 0.570. The predicted molar refractivity (Wildman–Crippen MR) is 63.1 cm³/mol. The highest BCUT2D eigenvalue weighted by molar-refractivity contribution is 5.62. The van der Waals surface area contributed by atoms with Gasteiger partial charge in [0.1, 0.15) is 5.75 Å². The molecule has 2 rings (SSSR count). The largest absolute Gasteiger partial charge is 0.496 e. The molecule has 0 aromatic heterocycles. The Kier molecular flexibility index (Phi) is 3.07. The van der Waals surface area contributed by atoms with E-state index in [4.69, 9.17) is 10.5 Å². The Morgan fingerprint density at radius 3 is 3.00 bits per heavy atom. The minimum atomic E-state index is 0.570. The van der Waals surface area contributed by atoms with Crippen LogP contribution in [-0.2, 0) is 12.8 Å². The van der Waals surface area contributed by atoms with Crippen LogP contribution in [0.25, 0.3) is 6.08 Å². The number of methoxy groups -OCH3 is 1. The van der Waals surface area contributed by atoms with E-state index < -0.39 is 0 Å². The Labute approximate surface area is 90.7 Å². The van der Waals surface area contributed by atoms with E-state index in [1.54, 1.807) is 7.11 Å². The monoisotopic (exact) mass is 203 g/mol. The summed E-state index contributed by atoms with van der Waals surface area (Å²) in [5, 5.41) is 0. The summed E-state index contributed by atoms with van der Waals surface area (Å²) >= 11 is 0. The molecule has 0 atom stereocenters. The Hall–Kier alpha value is -1.28. The van der Waals surface area contributed by atoms with Gasteiger partial charge < -0.3 is 10.5 Å². The molecule has 0 saturated carbocycles. The van der Waals surface area contributed by atoms with Crippen molar-refractivity contribution >= 4 is 6.08 Å². The van der Waals surface area contributed by atoms with Gasteiger partial charge in [0, 0.05) is 12.1 Å². The molecule has 0 radical (unpaired) electrons. The molecule has 2 heteroatoms. The molecule has 1 aliphatic carbocycles. The van der Waals surface area contributed by atoms with E-state index in [9.17, 15) is 0 Å². The molecule has 0 heterocycles. The van der Waals surface area contributed by atoms with Gasteiger partial charge in [-0.1, -0.05) is 24.3 Å². The second kappa shape index (κ2) is 4.49. The first-order chi connectivity index (χ1) is 7.36. The van der Waals surface area contributed by atoms with Crippen molar-refractivity contribution in [3.63, 3.8) is 0 Å². The Balaban J connectivity index is 2.43. The Morgan fingerprint density at radius 2 is 2.27 bits per heavy atom. The van der Waals surface area contributed by atoms with Crippen molar-refractivity contribution in [3.05, 3.63) is 34.9 Å². The molecule has 1 aliphatic rings. The zero-order chi connectivity index (χ0) is 10.7. The van der Waals surface area contributed by atoms with Crippen LogP contribution < -0.4 is 10.5 Å². The lowest BCUT2D eigenvalue weighted by molar-refractivity contribution is 0.409. The molecule has 80 valence electrons. The number of ether oxygens (including phenoxy) is 1. The molecule has 1 aromatic rings. The van der Waals surface area contributed by atoms with Gasteiger partial charge in [-0.2, -0.15) is 0 Å².